The van der Waals surface area contributed by atoms with E-state index < -0.39 is 0 Å². The van der Waals surface area contributed by atoms with E-state index in [4.69, 9.17) is 4.74 Å². The molecule has 2 aliphatic heterocycles. The van der Waals surface area contributed by atoms with E-state index >= 15 is 0 Å². The number of guanidine groups is 1. The smallest absolute Gasteiger partial charge is 0.244 e. The van der Waals surface area contributed by atoms with E-state index in [0.29, 0.717) is 12.5 Å². The lowest BCUT2D eigenvalue weighted by atomic mass is 10.1. The molecule has 2 aliphatic rings. The second-order valence-electron chi connectivity index (χ2n) is 7.71. The normalized spacial score (nSPS) is 20.5. The summed E-state index contributed by atoms with van der Waals surface area (Å²) in [7, 11) is 0. The molecular formula is C22H34N4O2. The predicted octanol–water partition coefficient (Wildman–Crippen LogP) is 2.50. The second kappa shape index (κ2) is 11.1. The minimum atomic E-state index is 0.150. The zero-order valence-electron chi connectivity index (χ0n) is 17.1. The number of benzene rings is 1. The number of carbonyl (C=O) groups is 1. The van der Waals surface area contributed by atoms with Crippen molar-refractivity contribution in [2.75, 3.05) is 45.9 Å². The molecule has 0 spiro atoms. The zero-order valence-corrected chi connectivity index (χ0v) is 17.1. The van der Waals surface area contributed by atoms with E-state index in [9.17, 15) is 4.79 Å². The number of amides is 1. The molecule has 3 rings (SSSR count). The third-order valence-corrected chi connectivity index (χ3v) is 5.46. The first-order valence-corrected chi connectivity index (χ1v) is 10.7. The van der Waals surface area contributed by atoms with Gasteiger partial charge in [0.05, 0.1) is 13.2 Å². The van der Waals surface area contributed by atoms with Gasteiger partial charge in [0.1, 0.15) is 6.54 Å². The Morgan fingerprint density at radius 3 is 2.68 bits per heavy atom. The molecule has 1 amide bonds. The van der Waals surface area contributed by atoms with Crippen LogP contribution in [-0.2, 0) is 16.1 Å². The van der Waals surface area contributed by atoms with Crippen LogP contribution in [0.3, 0.4) is 0 Å². The number of aliphatic imine (C=N–C) groups is 1. The van der Waals surface area contributed by atoms with Crippen molar-refractivity contribution in [2.24, 2.45) is 10.9 Å². The van der Waals surface area contributed by atoms with Crippen molar-refractivity contribution >= 4 is 11.9 Å². The van der Waals surface area contributed by atoms with Crippen LogP contribution in [0.2, 0.25) is 0 Å². The highest BCUT2D eigenvalue weighted by Crippen LogP contribution is 2.17. The van der Waals surface area contributed by atoms with Gasteiger partial charge in [0.15, 0.2) is 5.96 Å². The van der Waals surface area contributed by atoms with Crippen LogP contribution in [0.5, 0.6) is 0 Å². The summed E-state index contributed by atoms with van der Waals surface area (Å²) in [5.74, 6) is 1.51. The molecule has 1 aromatic rings. The van der Waals surface area contributed by atoms with E-state index in [1.165, 1.54) is 12.0 Å². The molecule has 1 N–H and O–H groups in total. The topological polar surface area (TPSA) is 57.2 Å². The molecule has 0 aromatic heterocycles. The molecule has 0 radical (unpaired) electrons. The number of nitrogens with one attached hydrogen (secondary N) is 1. The summed E-state index contributed by atoms with van der Waals surface area (Å²) in [6.07, 6.45) is 4.56. The largest absolute Gasteiger partial charge is 0.376 e. The molecule has 6 nitrogen and oxygen atoms in total. The Bertz CT molecular complexity index is 629. The Balaban J connectivity index is 1.45. The van der Waals surface area contributed by atoms with Gasteiger partial charge in [-0.2, -0.15) is 0 Å². The number of hydrogen-bond donors (Lipinski definition) is 1. The maximum Gasteiger partial charge on any atom is 0.244 e. The van der Waals surface area contributed by atoms with Crippen LogP contribution in [0.4, 0.5) is 0 Å². The number of rotatable bonds is 7. The molecule has 6 heteroatoms. The number of carbonyl (C=O) groups excluding carboxylic acids is 1. The van der Waals surface area contributed by atoms with Gasteiger partial charge in [-0.25, -0.2) is 4.99 Å². The lowest BCUT2D eigenvalue weighted by molar-refractivity contribution is -0.130. The van der Waals surface area contributed by atoms with Crippen molar-refractivity contribution in [1.82, 2.24) is 15.1 Å². The summed E-state index contributed by atoms with van der Waals surface area (Å²) in [5.41, 5.74) is 1.21. The summed E-state index contributed by atoms with van der Waals surface area (Å²) in [6.45, 7) is 8.20. The molecule has 1 atom stereocenters. The van der Waals surface area contributed by atoms with Crippen molar-refractivity contribution in [2.45, 2.75) is 39.2 Å². The first-order chi connectivity index (χ1) is 13.8. The van der Waals surface area contributed by atoms with Crippen molar-refractivity contribution in [1.29, 1.82) is 0 Å². The molecular weight excluding hydrogens is 352 g/mol. The Morgan fingerprint density at radius 2 is 1.93 bits per heavy atom. The average Bonchev–Trinajstić information content (AvgIpc) is 3.21. The maximum absolute atomic E-state index is 12.4. The molecule has 2 heterocycles. The van der Waals surface area contributed by atoms with Gasteiger partial charge in [0, 0.05) is 38.6 Å². The van der Waals surface area contributed by atoms with E-state index in [0.717, 1.165) is 64.6 Å². The molecule has 1 unspecified atom stereocenters. The highest BCUT2D eigenvalue weighted by Gasteiger charge is 2.25. The van der Waals surface area contributed by atoms with Gasteiger partial charge in [-0.1, -0.05) is 30.3 Å². The van der Waals surface area contributed by atoms with Crippen LogP contribution in [0, 0.1) is 5.92 Å². The maximum atomic E-state index is 12.4. The van der Waals surface area contributed by atoms with Crippen LogP contribution >= 0.6 is 0 Å². The number of likely N-dealkylation sites (tertiary alicyclic amines) is 2. The summed E-state index contributed by atoms with van der Waals surface area (Å²) in [5, 5.41) is 3.35. The van der Waals surface area contributed by atoms with Gasteiger partial charge in [0.2, 0.25) is 5.91 Å². The first kappa shape index (κ1) is 20.6. The van der Waals surface area contributed by atoms with Crippen molar-refractivity contribution < 1.29 is 9.53 Å². The van der Waals surface area contributed by atoms with Gasteiger partial charge >= 0.3 is 0 Å². The van der Waals surface area contributed by atoms with Gasteiger partial charge in [0.25, 0.3) is 0 Å². The van der Waals surface area contributed by atoms with Crippen molar-refractivity contribution in [3.63, 3.8) is 0 Å². The zero-order chi connectivity index (χ0) is 19.6. The van der Waals surface area contributed by atoms with Gasteiger partial charge in [-0.15, -0.1) is 0 Å². The van der Waals surface area contributed by atoms with Crippen molar-refractivity contribution in [3.05, 3.63) is 35.9 Å². The molecule has 154 valence electrons. The Kier molecular flexibility index (Phi) is 8.15. The molecule has 2 saturated heterocycles. The third kappa shape index (κ3) is 6.23. The van der Waals surface area contributed by atoms with Gasteiger partial charge in [-0.05, 0) is 38.2 Å². The third-order valence-electron chi connectivity index (χ3n) is 5.46. The number of nitrogens with zero attached hydrogens (tertiary/aromatic N) is 3. The molecule has 0 bridgehead atoms. The van der Waals surface area contributed by atoms with E-state index in [1.54, 1.807) is 0 Å². The summed E-state index contributed by atoms with van der Waals surface area (Å²) >= 11 is 0. The molecule has 1 aromatic carbocycles. The van der Waals surface area contributed by atoms with Gasteiger partial charge < -0.3 is 19.9 Å². The molecule has 0 saturated carbocycles. The van der Waals surface area contributed by atoms with E-state index in [1.807, 2.05) is 23.1 Å². The highest BCUT2D eigenvalue weighted by molar-refractivity contribution is 5.85. The van der Waals surface area contributed by atoms with Crippen LogP contribution in [0.15, 0.2) is 35.3 Å². The standard InChI is InChI=1S/C22H34N4O2/c1-2-23-22(24-15-21(27)25-12-7-4-8-13-25)26-14-11-20(16-26)18-28-17-19-9-5-3-6-10-19/h3,5-6,9-10,20H,2,4,7-8,11-18H2,1H3,(H,23,24). The van der Waals surface area contributed by atoms with Crippen LogP contribution in [0.25, 0.3) is 0 Å². The predicted molar refractivity (Wildman–Crippen MR) is 112 cm³/mol. The quantitative estimate of drug-likeness (QED) is 0.578. The molecule has 2 fully saturated rings. The van der Waals surface area contributed by atoms with Crippen LogP contribution in [-0.4, -0.2) is 67.5 Å². The Morgan fingerprint density at radius 1 is 1.14 bits per heavy atom. The number of piperidine rings is 1. The molecule has 0 aliphatic carbocycles. The number of ether oxygens (including phenoxy) is 1. The SMILES string of the molecule is CCNC(=NCC(=O)N1CCCCC1)N1CCC(COCc2ccccc2)C1. The summed E-state index contributed by atoms with van der Waals surface area (Å²) < 4.78 is 5.92. The fourth-order valence-corrected chi connectivity index (χ4v) is 3.89. The monoisotopic (exact) mass is 386 g/mol. The minimum Gasteiger partial charge on any atom is -0.376 e. The lowest BCUT2D eigenvalue weighted by Crippen LogP contribution is -2.42. The number of hydrogen-bond acceptors (Lipinski definition) is 3. The lowest BCUT2D eigenvalue weighted by Gasteiger charge is -2.26. The Labute approximate surface area is 168 Å². The van der Waals surface area contributed by atoms with Crippen LogP contribution in [0.1, 0.15) is 38.2 Å². The summed E-state index contributed by atoms with van der Waals surface area (Å²) in [4.78, 5) is 21.3. The highest BCUT2D eigenvalue weighted by atomic mass is 16.5. The summed E-state index contributed by atoms with van der Waals surface area (Å²) in [6, 6.07) is 10.3. The first-order valence-electron chi connectivity index (χ1n) is 10.7. The molecule has 28 heavy (non-hydrogen) atoms. The van der Waals surface area contributed by atoms with Crippen LogP contribution < -0.4 is 5.32 Å². The average molecular weight is 387 g/mol. The van der Waals surface area contributed by atoms with Gasteiger partial charge in [-0.3, -0.25) is 4.79 Å². The second-order valence-corrected chi connectivity index (χ2v) is 7.71. The van der Waals surface area contributed by atoms with E-state index in [-0.39, 0.29) is 12.5 Å². The fraction of sp³-hybridized carbons (Fsp3) is 0.636. The van der Waals surface area contributed by atoms with Crippen molar-refractivity contribution in [3.8, 4) is 0 Å². The fourth-order valence-electron chi connectivity index (χ4n) is 3.89. The minimum absolute atomic E-state index is 0.150. The van der Waals surface area contributed by atoms with E-state index in [2.05, 4.69) is 34.3 Å². The Hall–Kier alpha value is -2.08.